The molecule has 0 bridgehead atoms. The highest BCUT2D eigenvalue weighted by molar-refractivity contribution is 7.91. The predicted octanol–water partition coefficient (Wildman–Crippen LogP) is 2.04. The number of rotatable bonds is 6. The fourth-order valence-electron chi connectivity index (χ4n) is 3.48. The highest BCUT2D eigenvalue weighted by Gasteiger charge is 2.33. The Labute approximate surface area is 154 Å². The van der Waals surface area contributed by atoms with E-state index in [0.717, 1.165) is 13.0 Å². The standard InChI is InChI=1S/C18H26N4O3S/c1-22(15-8-10-26(24,25)12-15)18(23)16-11-17(21-13-20-16)19-9-7-14-5-3-2-4-6-14/h5,11,13,15H,2-4,6-10,12H2,1H3,(H,19,20,21). The molecule has 1 saturated heterocycles. The predicted molar refractivity (Wildman–Crippen MR) is 101 cm³/mol. The first-order valence-electron chi connectivity index (χ1n) is 9.16. The van der Waals surface area contributed by atoms with Crippen molar-refractivity contribution >= 4 is 21.6 Å². The molecule has 1 amide bonds. The molecule has 142 valence electrons. The molecule has 7 nitrogen and oxygen atoms in total. The third-order valence-corrected chi connectivity index (χ3v) is 6.85. The van der Waals surface area contributed by atoms with Gasteiger partial charge in [0.1, 0.15) is 17.8 Å². The second-order valence-corrected chi connectivity index (χ2v) is 9.28. The lowest BCUT2D eigenvalue weighted by Gasteiger charge is -2.23. The number of amides is 1. The highest BCUT2D eigenvalue weighted by atomic mass is 32.2. The maximum absolute atomic E-state index is 12.6. The Morgan fingerprint density at radius 3 is 2.88 bits per heavy atom. The Hall–Kier alpha value is -1.96. The van der Waals surface area contributed by atoms with E-state index in [9.17, 15) is 13.2 Å². The molecular weight excluding hydrogens is 352 g/mol. The van der Waals surface area contributed by atoms with Crippen LogP contribution in [0.5, 0.6) is 0 Å². The van der Waals surface area contributed by atoms with Gasteiger partial charge in [-0.2, -0.15) is 0 Å². The van der Waals surface area contributed by atoms with Crippen LogP contribution in [0.4, 0.5) is 5.82 Å². The van der Waals surface area contributed by atoms with Gasteiger partial charge in [-0.05, 0) is 38.5 Å². The lowest BCUT2D eigenvalue weighted by Crippen LogP contribution is -2.38. The number of nitrogens with one attached hydrogen (secondary N) is 1. The molecule has 0 saturated carbocycles. The number of aromatic nitrogens is 2. The second-order valence-electron chi connectivity index (χ2n) is 7.05. The molecule has 0 aromatic carbocycles. The van der Waals surface area contributed by atoms with Crippen molar-refractivity contribution in [3.05, 3.63) is 29.7 Å². The van der Waals surface area contributed by atoms with Crippen LogP contribution in [0, 0.1) is 0 Å². The fourth-order valence-corrected chi connectivity index (χ4v) is 5.26. The van der Waals surface area contributed by atoms with Crippen molar-refractivity contribution in [3.63, 3.8) is 0 Å². The number of carbonyl (C=O) groups excluding carboxylic acids is 1. The zero-order valence-corrected chi connectivity index (χ0v) is 16.0. The topological polar surface area (TPSA) is 92.3 Å². The largest absolute Gasteiger partial charge is 0.370 e. The molecule has 1 N–H and O–H groups in total. The van der Waals surface area contributed by atoms with Crippen LogP contribution in [-0.2, 0) is 9.84 Å². The van der Waals surface area contributed by atoms with Crippen molar-refractivity contribution in [2.24, 2.45) is 0 Å². The smallest absolute Gasteiger partial charge is 0.272 e. The minimum atomic E-state index is -3.03. The van der Waals surface area contributed by atoms with Crippen molar-refractivity contribution in [3.8, 4) is 0 Å². The van der Waals surface area contributed by atoms with Gasteiger partial charge in [0.2, 0.25) is 0 Å². The van der Waals surface area contributed by atoms with Crippen molar-refractivity contribution in [2.45, 2.75) is 44.6 Å². The summed E-state index contributed by atoms with van der Waals surface area (Å²) in [5.74, 6) is 0.516. The molecule has 26 heavy (non-hydrogen) atoms. The van der Waals surface area contributed by atoms with Crippen LogP contribution in [0.25, 0.3) is 0 Å². The summed E-state index contributed by atoms with van der Waals surface area (Å²) >= 11 is 0. The Bertz CT molecular complexity index is 791. The summed E-state index contributed by atoms with van der Waals surface area (Å²) in [6, 6.07) is 1.36. The van der Waals surface area contributed by atoms with E-state index >= 15 is 0 Å². The Morgan fingerprint density at radius 1 is 1.35 bits per heavy atom. The van der Waals surface area contributed by atoms with E-state index in [0.29, 0.717) is 12.2 Å². The van der Waals surface area contributed by atoms with Crippen LogP contribution >= 0.6 is 0 Å². The van der Waals surface area contributed by atoms with Crippen LogP contribution in [0.1, 0.15) is 49.0 Å². The summed E-state index contributed by atoms with van der Waals surface area (Å²) in [5.41, 5.74) is 1.77. The van der Waals surface area contributed by atoms with Crippen LogP contribution < -0.4 is 5.32 Å². The summed E-state index contributed by atoms with van der Waals surface area (Å²) in [6.07, 6.45) is 10.0. The van der Waals surface area contributed by atoms with Crippen molar-refractivity contribution in [2.75, 3.05) is 30.4 Å². The maximum Gasteiger partial charge on any atom is 0.272 e. The van der Waals surface area contributed by atoms with Gasteiger partial charge in [-0.3, -0.25) is 4.79 Å². The van der Waals surface area contributed by atoms with Crippen LogP contribution in [0.2, 0.25) is 0 Å². The van der Waals surface area contributed by atoms with Gasteiger partial charge in [0.25, 0.3) is 5.91 Å². The van der Waals surface area contributed by atoms with Gasteiger partial charge in [0.15, 0.2) is 9.84 Å². The number of nitrogens with zero attached hydrogens (tertiary/aromatic N) is 3. The second kappa shape index (κ2) is 8.16. The molecule has 1 fully saturated rings. The van der Waals surface area contributed by atoms with E-state index in [1.807, 2.05) is 0 Å². The minimum absolute atomic E-state index is 0.0283. The van der Waals surface area contributed by atoms with E-state index in [1.54, 1.807) is 13.1 Å². The molecule has 1 aromatic heterocycles. The van der Waals surface area contributed by atoms with Crippen LogP contribution in [0.3, 0.4) is 0 Å². The van der Waals surface area contributed by atoms with Crippen molar-refractivity contribution in [1.82, 2.24) is 14.9 Å². The van der Waals surface area contributed by atoms with Crippen LogP contribution in [-0.4, -0.2) is 60.3 Å². The normalized spacial score (nSPS) is 21.9. The number of carbonyl (C=O) groups is 1. The summed E-state index contributed by atoms with van der Waals surface area (Å²) in [4.78, 5) is 22.3. The summed E-state index contributed by atoms with van der Waals surface area (Å²) in [6.45, 7) is 0.771. The molecule has 2 heterocycles. The molecule has 0 spiro atoms. The van der Waals surface area contributed by atoms with Crippen molar-refractivity contribution in [1.29, 1.82) is 0 Å². The Balaban J connectivity index is 1.57. The number of allylic oxidation sites excluding steroid dienone is 1. The van der Waals surface area contributed by atoms with Gasteiger partial charge in [-0.25, -0.2) is 18.4 Å². The zero-order chi connectivity index (χ0) is 18.6. The lowest BCUT2D eigenvalue weighted by atomic mass is 9.97. The molecule has 0 radical (unpaired) electrons. The first-order valence-corrected chi connectivity index (χ1v) is 11.0. The molecule has 1 aliphatic heterocycles. The summed E-state index contributed by atoms with van der Waals surface area (Å²) < 4.78 is 23.3. The quantitative estimate of drug-likeness (QED) is 0.762. The Morgan fingerprint density at radius 2 is 2.19 bits per heavy atom. The first-order chi connectivity index (χ1) is 12.4. The maximum atomic E-state index is 12.6. The van der Waals surface area contributed by atoms with Gasteiger partial charge in [-0.15, -0.1) is 0 Å². The van der Waals surface area contributed by atoms with Gasteiger partial charge >= 0.3 is 0 Å². The minimum Gasteiger partial charge on any atom is -0.370 e. The lowest BCUT2D eigenvalue weighted by molar-refractivity contribution is 0.0741. The number of hydrogen-bond acceptors (Lipinski definition) is 6. The third kappa shape index (κ3) is 4.81. The van der Waals surface area contributed by atoms with E-state index in [1.165, 1.54) is 42.5 Å². The highest BCUT2D eigenvalue weighted by Crippen LogP contribution is 2.21. The monoisotopic (exact) mass is 378 g/mol. The van der Waals surface area contributed by atoms with E-state index in [2.05, 4.69) is 21.4 Å². The molecule has 3 rings (SSSR count). The molecule has 8 heteroatoms. The van der Waals surface area contributed by atoms with Crippen LogP contribution in [0.15, 0.2) is 24.0 Å². The van der Waals surface area contributed by atoms with Gasteiger partial charge in [0, 0.05) is 25.7 Å². The molecule has 1 aromatic rings. The van der Waals surface area contributed by atoms with Gasteiger partial charge in [0.05, 0.1) is 11.5 Å². The first kappa shape index (κ1) is 18.8. The molecular formula is C18H26N4O3S. The number of sulfone groups is 1. The van der Waals surface area contributed by atoms with Crippen molar-refractivity contribution < 1.29 is 13.2 Å². The molecule has 1 atom stereocenters. The van der Waals surface area contributed by atoms with E-state index in [-0.39, 0.29) is 29.1 Å². The summed E-state index contributed by atoms with van der Waals surface area (Å²) in [7, 11) is -1.39. The molecule has 1 aliphatic carbocycles. The van der Waals surface area contributed by atoms with Gasteiger partial charge < -0.3 is 10.2 Å². The van der Waals surface area contributed by atoms with E-state index in [4.69, 9.17) is 0 Å². The average Bonchev–Trinajstić information content (AvgIpc) is 3.01. The Kier molecular flexibility index (Phi) is 5.90. The number of anilines is 1. The zero-order valence-electron chi connectivity index (χ0n) is 15.1. The average molecular weight is 378 g/mol. The SMILES string of the molecule is CN(C(=O)c1cc(NCCC2=CCCCC2)ncn1)C1CCS(=O)(=O)C1. The van der Waals surface area contributed by atoms with Gasteiger partial charge in [-0.1, -0.05) is 11.6 Å². The molecule has 1 unspecified atom stereocenters. The summed E-state index contributed by atoms with van der Waals surface area (Å²) in [5, 5.41) is 3.25. The number of hydrogen-bond donors (Lipinski definition) is 1. The van der Waals surface area contributed by atoms with E-state index < -0.39 is 9.84 Å². The third-order valence-electron chi connectivity index (χ3n) is 5.10. The molecule has 2 aliphatic rings. The fraction of sp³-hybridized carbons (Fsp3) is 0.611.